The normalized spacial score (nSPS) is 12.6. The Labute approximate surface area is 151 Å². The van der Waals surface area contributed by atoms with Crippen LogP contribution in [0.15, 0.2) is 35.7 Å². The van der Waals surface area contributed by atoms with Gasteiger partial charge in [0.2, 0.25) is 5.91 Å². The molecular formula is C17H24FN5OS. The lowest BCUT2D eigenvalue weighted by Crippen LogP contribution is -2.35. The second-order valence-corrected chi connectivity index (χ2v) is 7.18. The molecule has 1 N–H and O–H groups in total. The number of halogens is 1. The van der Waals surface area contributed by atoms with Crippen molar-refractivity contribution >= 4 is 17.7 Å². The number of likely N-dealkylation sites (N-methyl/N-ethyl adjacent to an activating group) is 1. The van der Waals surface area contributed by atoms with Crippen LogP contribution in [0.2, 0.25) is 0 Å². The van der Waals surface area contributed by atoms with Gasteiger partial charge in [-0.2, -0.15) is 0 Å². The molecule has 0 saturated heterocycles. The van der Waals surface area contributed by atoms with Gasteiger partial charge in [-0.1, -0.05) is 23.9 Å². The molecule has 8 heteroatoms. The quantitative estimate of drug-likeness (QED) is 0.728. The summed E-state index contributed by atoms with van der Waals surface area (Å²) in [6.45, 7) is 4.48. The smallest absolute Gasteiger partial charge is 0.230 e. The van der Waals surface area contributed by atoms with E-state index in [2.05, 4.69) is 15.5 Å². The molecule has 0 saturated carbocycles. The van der Waals surface area contributed by atoms with Gasteiger partial charge in [-0.15, -0.1) is 10.2 Å². The summed E-state index contributed by atoms with van der Waals surface area (Å²) < 4.78 is 15.4. The highest BCUT2D eigenvalue weighted by molar-refractivity contribution is 7.99. The van der Waals surface area contributed by atoms with E-state index in [9.17, 15) is 9.18 Å². The zero-order valence-electron chi connectivity index (χ0n) is 14.9. The second-order valence-electron chi connectivity index (χ2n) is 6.24. The number of nitrogens with zero attached hydrogens (tertiary/aromatic N) is 4. The lowest BCUT2D eigenvalue weighted by Gasteiger charge is -2.25. The van der Waals surface area contributed by atoms with Gasteiger partial charge in [0, 0.05) is 12.6 Å². The van der Waals surface area contributed by atoms with E-state index in [1.807, 2.05) is 43.5 Å². The summed E-state index contributed by atoms with van der Waals surface area (Å²) in [6.07, 6.45) is 1.66. The zero-order chi connectivity index (χ0) is 18.4. The van der Waals surface area contributed by atoms with E-state index in [4.69, 9.17) is 0 Å². The lowest BCUT2D eigenvalue weighted by molar-refractivity contribution is -0.118. The van der Waals surface area contributed by atoms with Gasteiger partial charge >= 0.3 is 0 Å². The molecule has 1 heterocycles. The first-order chi connectivity index (χ1) is 11.9. The van der Waals surface area contributed by atoms with Gasteiger partial charge in [-0.25, -0.2) is 4.39 Å². The third-order valence-corrected chi connectivity index (χ3v) is 4.74. The molecule has 1 atom stereocenters. The predicted molar refractivity (Wildman–Crippen MR) is 97.0 cm³/mol. The lowest BCUT2D eigenvalue weighted by atomic mass is 10.1. The number of amides is 1. The van der Waals surface area contributed by atoms with Crippen LogP contribution in [0.3, 0.4) is 0 Å². The molecule has 0 bridgehead atoms. The molecule has 0 radical (unpaired) electrons. The largest absolute Gasteiger partial charge is 0.353 e. The Morgan fingerprint density at radius 2 is 2.16 bits per heavy atom. The SMILES string of the molecule is CC(C)n1cnnc1SCC(=O)NC[C@H](c1cccc(F)c1)N(C)C. The number of thioether (sulfide) groups is 1. The average molecular weight is 365 g/mol. The molecule has 1 amide bonds. The molecule has 136 valence electrons. The van der Waals surface area contributed by atoms with Gasteiger partial charge in [-0.3, -0.25) is 4.79 Å². The molecule has 1 aromatic heterocycles. The Balaban J connectivity index is 1.90. The van der Waals surface area contributed by atoms with Crippen molar-refractivity contribution in [3.05, 3.63) is 42.0 Å². The maximum absolute atomic E-state index is 13.4. The summed E-state index contributed by atoms with van der Waals surface area (Å²) in [5, 5.41) is 11.6. The minimum atomic E-state index is -0.278. The molecule has 0 spiro atoms. The Bertz CT molecular complexity index is 704. The fourth-order valence-electron chi connectivity index (χ4n) is 2.39. The summed E-state index contributed by atoms with van der Waals surface area (Å²) in [4.78, 5) is 14.1. The number of nitrogens with one attached hydrogen (secondary N) is 1. The molecule has 1 aromatic carbocycles. The maximum atomic E-state index is 13.4. The first kappa shape index (κ1) is 19.4. The van der Waals surface area contributed by atoms with E-state index in [1.54, 1.807) is 12.4 Å². The summed E-state index contributed by atoms with van der Waals surface area (Å²) in [7, 11) is 3.81. The van der Waals surface area contributed by atoms with Gasteiger partial charge in [0.15, 0.2) is 5.16 Å². The van der Waals surface area contributed by atoms with Gasteiger partial charge in [0.25, 0.3) is 0 Å². The number of benzene rings is 1. The van der Waals surface area contributed by atoms with Crippen molar-refractivity contribution in [2.75, 3.05) is 26.4 Å². The Morgan fingerprint density at radius 3 is 2.80 bits per heavy atom. The zero-order valence-corrected chi connectivity index (χ0v) is 15.8. The van der Waals surface area contributed by atoms with Gasteiger partial charge < -0.3 is 14.8 Å². The predicted octanol–water partition coefficient (Wildman–Crippen LogP) is 2.51. The monoisotopic (exact) mass is 365 g/mol. The third kappa shape index (κ3) is 5.54. The van der Waals surface area contributed by atoms with Crippen molar-refractivity contribution in [1.82, 2.24) is 25.0 Å². The van der Waals surface area contributed by atoms with Crippen LogP contribution >= 0.6 is 11.8 Å². The van der Waals surface area contributed by atoms with Crippen molar-refractivity contribution in [2.45, 2.75) is 31.1 Å². The standard InChI is InChI=1S/C17H24FN5OS/c1-12(2)23-11-20-21-17(23)25-10-16(24)19-9-15(22(3)4)13-6-5-7-14(18)8-13/h5-8,11-12,15H,9-10H2,1-4H3,(H,19,24)/t15-/m1/s1. The van der Waals surface area contributed by atoms with Crippen LogP contribution in [0.25, 0.3) is 0 Å². The maximum Gasteiger partial charge on any atom is 0.230 e. The number of hydrogen-bond donors (Lipinski definition) is 1. The Kier molecular flexibility index (Phi) is 6.95. The second kappa shape index (κ2) is 8.96. The Morgan fingerprint density at radius 1 is 1.40 bits per heavy atom. The van der Waals surface area contributed by atoms with E-state index in [0.717, 1.165) is 10.7 Å². The number of rotatable bonds is 8. The molecule has 0 fully saturated rings. The molecule has 0 aliphatic rings. The van der Waals surface area contributed by atoms with Crippen molar-refractivity contribution in [3.63, 3.8) is 0 Å². The number of hydrogen-bond acceptors (Lipinski definition) is 5. The summed E-state index contributed by atoms with van der Waals surface area (Å²) in [5.74, 6) is -0.111. The van der Waals surface area contributed by atoms with Crippen LogP contribution in [0.5, 0.6) is 0 Å². The van der Waals surface area contributed by atoms with Crippen LogP contribution < -0.4 is 5.32 Å². The molecular weight excluding hydrogens is 341 g/mol. The van der Waals surface area contributed by atoms with Crippen LogP contribution in [0.4, 0.5) is 4.39 Å². The third-order valence-electron chi connectivity index (χ3n) is 3.78. The van der Waals surface area contributed by atoms with Crippen molar-refractivity contribution in [3.8, 4) is 0 Å². The van der Waals surface area contributed by atoms with Crippen molar-refractivity contribution in [1.29, 1.82) is 0 Å². The topological polar surface area (TPSA) is 63.1 Å². The van der Waals surface area contributed by atoms with Gasteiger partial charge in [0.05, 0.1) is 11.8 Å². The van der Waals surface area contributed by atoms with E-state index >= 15 is 0 Å². The minimum absolute atomic E-state index is 0.0911. The molecule has 0 unspecified atom stereocenters. The van der Waals surface area contributed by atoms with Crippen molar-refractivity contribution < 1.29 is 9.18 Å². The van der Waals surface area contributed by atoms with Crippen molar-refractivity contribution in [2.24, 2.45) is 0 Å². The summed E-state index contributed by atoms with van der Waals surface area (Å²) in [5.41, 5.74) is 0.831. The molecule has 0 aliphatic heterocycles. The number of carbonyl (C=O) groups excluding carboxylic acids is 1. The van der Waals surface area contributed by atoms with Gasteiger partial charge in [0.1, 0.15) is 12.1 Å². The van der Waals surface area contributed by atoms with Crippen LogP contribution in [0, 0.1) is 5.82 Å². The average Bonchev–Trinajstić information content (AvgIpc) is 3.01. The molecule has 6 nitrogen and oxygen atoms in total. The highest BCUT2D eigenvalue weighted by Gasteiger charge is 2.16. The van der Waals surface area contributed by atoms with Gasteiger partial charge in [-0.05, 0) is 45.6 Å². The fraction of sp³-hybridized carbons (Fsp3) is 0.471. The number of carbonyl (C=O) groups is 1. The molecule has 25 heavy (non-hydrogen) atoms. The first-order valence-corrected chi connectivity index (χ1v) is 9.08. The van der Waals surface area contributed by atoms with Crippen LogP contribution in [-0.4, -0.2) is 52.0 Å². The van der Waals surface area contributed by atoms with Crippen LogP contribution in [0.1, 0.15) is 31.5 Å². The highest BCUT2D eigenvalue weighted by Crippen LogP contribution is 2.20. The molecule has 2 rings (SSSR count). The molecule has 0 aliphatic carbocycles. The van der Waals surface area contributed by atoms with E-state index in [1.165, 1.54) is 23.9 Å². The highest BCUT2D eigenvalue weighted by atomic mass is 32.2. The van der Waals surface area contributed by atoms with E-state index in [-0.39, 0.29) is 29.6 Å². The molecule has 2 aromatic rings. The van der Waals surface area contributed by atoms with E-state index < -0.39 is 0 Å². The van der Waals surface area contributed by atoms with E-state index in [0.29, 0.717) is 6.54 Å². The van der Waals surface area contributed by atoms with Crippen LogP contribution in [-0.2, 0) is 4.79 Å². The first-order valence-electron chi connectivity index (χ1n) is 8.09. The summed E-state index contributed by atoms with van der Waals surface area (Å²) in [6, 6.07) is 6.60. The Hall–Kier alpha value is -1.93. The fourth-order valence-corrected chi connectivity index (χ4v) is 3.27. The summed E-state index contributed by atoms with van der Waals surface area (Å²) >= 11 is 1.35. The minimum Gasteiger partial charge on any atom is -0.353 e. The number of aromatic nitrogens is 3.